The summed E-state index contributed by atoms with van der Waals surface area (Å²) in [6.45, 7) is 2.50. The predicted octanol–water partition coefficient (Wildman–Crippen LogP) is 3.42. The maximum Gasteiger partial charge on any atom is 0.233 e. The van der Waals surface area contributed by atoms with Gasteiger partial charge in [0, 0.05) is 6.54 Å². The second-order valence-electron chi connectivity index (χ2n) is 5.47. The van der Waals surface area contributed by atoms with Gasteiger partial charge < -0.3 is 5.32 Å². The summed E-state index contributed by atoms with van der Waals surface area (Å²) in [7, 11) is -3.34. The Balaban J connectivity index is 1.85. The number of nitrogens with one attached hydrogen (secondary N) is 2. The molecule has 0 radical (unpaired) electrons. The van der Waals surface area contributed by atoms with Crippen LogP contribution in [-0.4, -0.2) is 25.7 Å². The number of halogens is 1. The van der Waals surface area contributed by atoms with E-state index in [0.717, 1.165) is 12.1 Å². The van der Waals surface area contributed by atoms with Crippen molar-refractivity contribution in [3.05, 3.63) is 54.0 Å². The predicted molar refractivity (Wildman–Crippen MR) is 95.1 cm³/mol. The van der Waals surface area contributed by atoms with Gasteiger partial charge in [-0.15, -0.1) is 0 Å². The third kappa shape index (κ3) is 5.81. The van der Waals surface area contributed by atoms with E-state index in [1.807, 2.05) is 6.92 Å². The molecule has 0 amide bonds. The Labute approximate surface area is 142 Å². The summed E-state index contributed by atoms with van der Waals surface area (Å²) in [6, 6.07) is 10.0. The molecule has 1 heterocycles. The zero-order chi connectivity index (χ0) is 17.4. The average molecular weight is 351 g/mol. The van der Waals surface area contributed by atoms with E-state index in [-0.39, 0.29) is 11.6 Å². The third-order valence-corrected chi connectivity index (χ3v) is 4.82. The van der Waals surface area contributed by atoms with Gasteiger partial charge in [0.2, 0.25) is 10.0 Å². The van der Waals surface area contributed by atoms with E-state index >= 15 is 0 Å². The van der Waals surface area contributed by atoms with Crippen molar-refractivity contribution in [1.29, 1.82) is 0 Å². The first-order valence-electron chi connectivity index (χ1n) is 7.94. The molecule has 0 atom stereocenters. The smallest absolute Gasteiger partial charge is 0.233 e. The fourth-order valence-corrected chi connectivity index (χ4v) is 3.36. The van der Waals surface area contributed by atoms with Crippen LogP contribution in [0.3, 0.4) is 0 Å². The molecule has 7 heteroatoms. The molecule has 1 aromatic heterocycles. The fraction of sp³-hybridized carbons (Fsp3) is 0.353. The molecule has 5 nitrogen and oxygen atoms in total. The highest BCUT2D eigenvalue weighted by Gasteiger charge is 2.10. The van der Waals surface area contributed by atoms with Gasteiger partial charge in [0.1, 0.15) is 11.6 Å². The third-order valence-electron chi connectivity index (χ3n) is 3.47. The highest BCUT2D eigenvalue weighted by atomic mass is 32.2. The summed E-state index contributed by atoms with van der Waals surface area (Å²) >= 11 is 0. The van der Waals surface area contributed by atoms with Crippen LogP contribution in [0, 0.1) is 5.82 Å². The molecule has 24 heavy (non-hydrogen) atoms. The number of aromatic nitrogens is 1. The molecule has 0 aliphatic rings. The van der Waals surface area contributed by atoms with E-state index in [9.17, 15) is 12.8 Å². The van der Waals surface area contributed by atoms with Gasteiger partial charge in [-0.2, -0.15) is 0 Å². The summed E-state index contributed by atoms with van der Waals surface area (Å²) < 4.78 is 39.6. The van der Waals surface area contributed by atoms with E-state index in [2.05, 4.69) is 15.0 Å². The summed E-state index contributed by atoms with van der Waals surface area (Å²) in [5, 5.41) is 3.14. The quantitative estimate of drug-likeness (QED) is 0.726. The Hall–Kier alpha value is -2.15. The summed E-state index contributed by atoms with van der Waals surface area (Å²) in [6.07, 6.45) is 3.54. The molecule has 0 saturated heterocycles. The molecule has 1 aromatic carbocycles. The minimum Gasteiger partial charge on any atom is -0.383 e. The number of hydrogen-bond donors (Lipinski definition) is 2. The van der Waals surface area contributed by atoms with Crippen LogP contribution >= 0.6 is 0 Å². The molecule has 0 saturated carbocycles. The van der Waals surface area contributed by atoms with Gasteiger partial charge in [0.05, 0.1) is 17.6 Å². The van der Waals surface area contributed by atoms with Gasteiger partial charge in [0.25, 0.3) is 0 Å². The number of unbranched alkanes of at least 4 members (excludes halogenated alkanes) is 1. The van der Waals surface area contributed by atoms with Gasteiger partial charge in [0.15, 0.2) is 0 Å². The average Bonchev–Trinajstić information content (AvgIpc) is 2.56. The number of anilines is 2. The highest BCUT2D eigenvalue weighted by Crippen LogP contribution is 2.13. The van der Waals surface area contributed by atoms with Crippen molar-refractivity contribution in [2.75, 3.05) is 22.3 Å². The lowest BCUT2D eigenvalue weighted by atomic mass is 10.1. The molecule has 0 fully saturated rings. The van der Waals surface area contributed by atoms with Crippen molar-refractivity contribution in [3.63, 3.8) is 0 Å². The molecule has 0 unspecified atom stereocenters. The molecule has 2 aromatic rings. The van der Waals surface area contributed by atoms with Crippen LogP contribution in [0.1, 0.15) is 25.3 Å². The first kappa shape index (κ1) is 18.2. The maximum absolute atomic E-state index is 13.5. The van der Waals surface area contributed by atoms with Crippen molar-refractivity contribution in [2.24, 2.45) is 0 Å². The molecule has 0 bridgehead atoms. The Bertz CT molecular complexity index is 749. The van der Waals surface area contributed by atoms with Crippen molar-refractivity contribution in [2.45, 2.75) is 26.2 Å². The number of sulfonamides is 1. The molecular formula is C17H22FN3O2S. The zero-order valence-electron chi connectivity index (χ0n) is 13.6. The van der Waals surface area contributed by atoms with E-state index in [1.54, 1.807) is 36.5 Å². The van der Waals surface area contributed by atoms with Gasteiger partial charge in [-0.25, -0.2) is 17.8 Å². The largest absolute Gasteiger partial charge is 0.383 e. The zero-order valence-corrected chi connectivity index (χ0v) is 14.4. The van der Waals surface area contributed by atoms with E-state index in [1.165, 1.54) is 6.07 Å². The van der Waals surface area contributed by atoms with Crippen molar-refractivity contribution < 1.29 is 12.8 Å². The second-order valence-corrected chi connectivity index (χ2v) is 7.32. The molecular weight excluding hydrogens is 329 g/mol. The lowest BCUT2D eigenvalue weighted by Gasteiger charge is -2.09. The van der Waals surface area contributed by atoms with E-state index in [4.69, 9.17) is 0 Å². The number of pyridine rings is 1. The van der Waals surface area contributed by atoms with Crippen LogP contribution in [0.15, 0.2) is 42.6 Å². The van der Waals surface area contributed by atoms with Gasteiger partial charge in [-0.1, -0.05) is 31.5 Å². The van der Waals surface area contributed by atoms with Crippen LogP contribution in [-0.2, 0) is 16.4 Å². The Morgan fingerprint density at radius 2 is 1.96 bits per heavy atom. The molecule has 130 valence electrons. The Kier molecular flexibility index (Phi) is 6.54. The monoisotopic (exact) mass is 351 g/mol. The SMILES string of the molecule is CCCCS(=O)(=O)Nc1ccc(NCCc2ccccc2F)cn1. The van der Waals surface area contributed by atoms with Crippen molar-refractivity contribution in [1.82, 2.24) is 4.98 Å². The standard InChI is InChI=1S/C17H22FN3O2S/c1-2-3-12-24(22,23)21-17-9-8-15(13-20-17)19-11-10-14-6-4-5-7-16(14)18/h4-9,13,19H,2-3,10-12H2,1H3,(H,20,21). The Morgan fingerprint density at radius 1 is 1.17 bits per heavy atom. The van der Waals surface area contributed by atoms with E-state index < -0.39 is 10.0 Å². The topological polar surface area (TPSA) is 71.1 Å². The molecule has 2 rings (SSSR count). The first-order valence-corrected chi connectivity index (χ1v) is 9.59. The normalized spacial score (nSPS) is 11.2. The Morgan fingerprint density at radius 3 is 2.62 bits per heavy atom. The molecule has 2 N–H and O–H groups in total. The lowest BCUT2D eigenvalue weighted by Crippen LogP contribution is -2.17. The molecule has 0 aliphatic carbocycles. The molecule has 0 spiro atoms. The minimum absolute atomic E-state index is 0.0911. The maximum atomic E-state index is 13.5. The van der Waals surface area contributed by atoms with Crippen molar-refractivity contribution in [3.8, 4) is 0 Å². The van der Waals surface area contributed by atoms with E-state index in [0.29, 0.717) is 30.8 Å². The van der Waals surface area contributed by atoms with Crippen LogP contribution < -0.4 is 10.0 Å². The van der Waals surface area contributed by atoms with Crippen LogP contribution in [0.25, 0.3) is 0 Å². The van der Waals surface area contributed by atoms with Gasteiger partial charge in [-0.3, -0.25) is 4.72 Å². The van der Waals surface area contributed by atoms with Gasteiger partial charge in [-0.05, 0) is 36.6 Å². The van der Waals surface area contributed by atoms with Crippen LogP contribution in [0.5, 0.6) is 0 Å². The first-order chi connectivity index (χ1) is 11.5. The van der Waals surface area contributed by atoms with Crippen LogP contribution in [0.2, 0.25) is 0 Å². The summed E-state index contributed by atoms with van der Waals surface area (Å²) in [5.74, 6) is 0.174. The number of benzene rings is 1. The highest BCUT2D eigenvalue weighted by molar-refractivity contribution is 7.92. The summed E-state index contributed by atoms with van der Waals surface area (Å²) in [5.41, 5.74) is 1.40. The van der Waals surface area contributed by atoms with Crippen LogP contribution in [0.4, 0.5) is 15.9 Å². The number of rotatable bonds is 9. The number of nitrogens with zero attached hydrogens (tertiary/aromatic N) is 1. The lowest BCUT2D eigenvalue weighted by molar-refractivity contribution is 0.597. The van der Waals surface area contributed by atoms with Gasteiger partial charge >= 0.3 is 0 Å². The minimum atomic E-state index is -3.34. The second kappa shape index (κ2) is 8.63. The summed E-state index contributed by atoms with van der Waals surface area (Å²) in [4.78, 5) is 4.09. The molecule has 0 aliphatic heterocycles. The van der Waals surface area contributed by atoms with Crippen molar-refractivity contribution >= 4 is 21.5 Å². The fourth-order valence-electron chi connectivity index (χ4n) is 2.15. The number of hydrogen-bond acceptors (Lipinski definition) is 4.